The van der Waals surface area contributed by atoms with E-state index in [-0.39, 0.29) is 44.0 Å². The summed E-state index contributed by atoms with van der Waals surface area (Å²) < 4.78 is 15.7. The fraction of sp³-hybridized carbons (Fsp3) is 0.514. The number of hydrogen-bond donors (Lipinski definition) is 3. The van der Waals surface area contributed by atoms with E-state index in [1.807, 2.05) is 19.9 Å². The number of carbonyl (C=O) groups excluding carboxylic acids is 6. The summed E-state index contributed by atoms with van der Waals surface area (Å²) >= 11 is 0. The van der Waals surface area contributed by atoms with Crippen molar-refractivity contribution in [2.45, 2.75) is 85.4 Å². The lowest BCUT2D eigenvalue weighted by molar-refractivity contribution is -0.149. The number of carbonyl (C=O) groups is 6. The monoisotopic (exact) mass is 709 g/mol. The van der Waals surface area contributed by atoms with Crippen LogP contribution >= 0.6 is 0 Å². The molecule has 1 unspecified atom stereocenters. The molecule has 1 aliphatic carbocycles. The Bertz CT molecular complexity index is 1590. The van der Waals surface area contributed by atoms with Gasteiger partial charge in [-0.2, -0.15) is 0 Å². The number of aryl methyl sites for hydroxylation is 1. The molecule has 0 spiro atoms. The van der Waals surface area contributed by atoms with Crippen molar-refractivity contribution in [3.63, 3.8) is 0 Å². The van der Waals surface area contributed by atoms with Gasteiger partial charge in [0.2, 0.25) is 11.8 Å². The second kappa shape index (κ2) is 19.5. The fourth-order valence-electron chi connectivity index (χ4n) is 5.69. The Labute approximate surface area is 299 Å². The van der Waals surface area contributed by atoms with Gasteiger partial charge in [0, 0.05) is 29.3 Å². The molecule has 2 aromatic rings. The number of alkyl carbamates (subject to hydrolysis) is 1. The summed E-state index contributed by atoms with van der Waals surface area (Å²) in [6.45, 7) is 9.31. The van der Waals surface area contributed by atoms with E-state index in [1.54, 1.807) is 31.2 Å². The number of hydrogen-bond acceptors (Lipinski definition) is 11. The average Bonchev–Trinajstić information content (AvgIpc) is 3.11. The molecule has 2 aliphatic rings. The number of amides is 3. The topological polar surface area (TPSA) is 187 Å². The minimum Gasteiger partial charge on any atom is -0.488 e. The zero-order valence-corrected chi connectivity index (χ0v) is 30.5. The molecule has 1 heterocycles. The molecule has 51 heavy (non-hydrogen) atoms. The summed E-state index contributed by atoms with van der Waals surface area (Å²) in [4.78, 5) is 76.6. The van der Waals surface area contributed by atoms with Crippen LogP contribution in [0.3, 0.4) is 0 Å². The SMILES string of the molecule is CCC.CCCN(N)CC(=O)NC1CCc2cc3c(cc2C1=O)OCc1cc(C(=O)COC(=O)CN(C(=O)CNC(=O)OC)[C@@H](C)CC)ccc1-3. The van der Waals surface area contributed by atoms with Crippen LogP contribution in [-0.4, -0.2) is 97.3 Å². The van der Waals surface area contributed by atoms with Crippen LogP contribution in [0.2, 0.25) is 0 Å². The maximum absolute atomic E-state index is 13.3. The lowest BCUT2D eigenvalue weighted by Gasteiger charge is -2.28. The number of nitrogens with two attached hydrogens (primary N) is 1. The first-order chi connectivity index (χ1) is 24.4. The molecule has 3 amide bonds. The number of ether oxygens (including phenoxy) is 3. The highest BCUT2D eigenvalue weighted by Gasteiger charge is 2.32. The minimum absolute atomic E-state index is 0.0109. The van der Waals surface area contributed by atoms with E-state index < -0.39 is 36.4 Å². The van der Waals surface area contributed by atoms with E-state index in [1.165, 1.54) is 23.4 Å². The van der Waals surface area contributed by atoms with Gasteiger partial charge < -0.3 is 29.7 Å². The van der Waals surface area contributed by atoms with Gasteiger partial charge in [0.05, 0.1) is 19.7 Å². The van der Waals surface area contributed by atoms with Crippen molar-refractivity contribution in [2.75, 3.05) is 39.9 Å². The first kappa shape index (κ1) is 40.6. The Balaban J connectivity index is 0.00000226. The van der Waals surface area contributed by atoms with Crippen LogP contribution in [0, 0.1) is 0 Å². The predicted molar refractivity (Wildman–Crippen MR) is 190 cm³/mol. The lowest BCUT2D eigenvalue weighted by Crippen LogP contribution is -2.48. The van der Waals surface area contributed by atoms with Gasteiger partial charge in [-0.15, -0.1) is 0 Å². The number of esters is 1. The minimum atomic E-state index is -0.771. The smallest absolute Gasteiger partial charge is 0.407 e. The summed E-state index contributed by atoms with van der Waals surface area (Å²) in [5.74, 6) is 4.21. The summed E-state index contributed by atoms with van der Waals surface area (Å²) in [6, 6.07) is 7.84. The van der Waals surface area contributed by atoms with E-state index in [0.29, 0.717) is 42.7 Å². The van der Waals surface area contributed by atoms with Crippen molar-refractivity contribution in [3.8, 4) is 16.9 Å². The summed E-state index contributed by atoms with van der Waals surface area (Å²) in [5, 5.41) is 6.53. The maximum Gasteiger partial charge on any atom is 0.407 e. The lowest BCUT2D eigenvalue weighted by atomic mass is 9.83. The number of ketones is 2. The maximum atomic E-state index is 13.3. The highest BCUT2D eigenvalue weighted by Crippen LogP contribution is 2.41. The number of benzene rings is 2. The third-order valence-corrected chi connectivity index (χ3v) is 8.46. The molecule has 14 nitrogen and oxygen atoms in total. The van der Waals surface area contributed by atoms with Gasteiger partial charge in [0.1, 0.15) is 25.4 Å². The molecule has 14 heteroatoms. The van der Waals surface area contributed by atoms with Crippen LogP contribution in [0.15, 0.2) is 30.3 Å². The summed E-state index contributed by atoms with van der Waals surface area (Å²) in [6.07, 6.45) is 2.89. The first-order valence-corrected chi connectivity index (χ1v) is 17.4. The van der Waals surface area contributed by atoms with Crippen LogP contribution in [0.1, 0.15) is 92.1 Å². The van der Waals surface area contributed by atoms with Crippen LogP contribution in [0.4, 0.5) is 4.79 Å². The Morgan fingerprint density at radius 2 is 1.73 bits per heavy atom. The average molecular weight is 710 g/mol. The van der Waals surface area contributed by atoms with E-state index in [4.69, 9.17) is 15.3 Å². The quantitative estimate of drug-likeness (QED) is 0.113. The molecule has 1 aliphatic heterocycles. The van der Waals surface area contributed by atoms with Crippen molar-refractivity contribution in [1.29, 1.82) is 0 Å². The number of nitrogens with zero attached hydrogens (tertiary/aromatic N) is 2. The third kappa shape index (κ3) is 11.1. The Morgan fingerprint density at radius 1 is 1.00 bits per heavy atom. The standard InChI is InChI=1S/C34H43N5O9.C3H8/c1-5-11-38(35)16-30(41)37-27-10-8-21-13-26-24-9-7-22(12-23(24)18-47-29(26)14-25(21)33(27)44)28(40)19-48-32(43)17-39(20(3)6-2)31(42)15-36-34(45)46-4;1-3-2/h7,9,12-14,20,27H,5-6,8,10-11,15-19,35H2,1-4H3,(H,36,45)(H,37,41);3H2,1-2H3/t20-,27?;/m0./s1. The van der Waals surface area contributed by atoms with Crippen molar-refractivity contribution in [3.05, 3.63) is 52.6 Å². The van der Waals surface area contributed by atoms with Crippen LogP contribution in [-0.2, 0) is 36.9 Å². The van der Waals surface area contributed by atoms with Gasteiger partial charge in [-0.05, 0) is 67.5 Å². The van der Waals surface area contributed by atoms with Gasteiger partial charge >= 0.3 is 12.1 Å². The zero-order chi connectivity index (χ0) is 37.7. The molecule has 2 atom stereocenters. The Morgan fingerprint density at radius 3 is 2.39 bits per heavy atom. The number of fused-ring (bicyclic) bond motifs is 4. The molecule has 0 aromatic heterocycles. The van der Waals surface area contributed by atoms with Gasteiger partial charge in [-0.3, -0.25) is 29.8 Å². The Hall–Kier alpha value is -4.82. The molecule has 0 saturated heterocycles. The van der Waals surface area contributed by atoms with Crippen LogP contribution < -0.4 is 21.2 Å². The Kier molecular flexibility index (Phi) is 15.6. The van der Waals surface area contributed by atoms with E-state index in [9.17, 15) is 28.8 Å². The second-order valence-corrected chi connectivity index (χ2v) is 12.6. The summed E-state index contributed by atoms with van der Waals surface area (Å²) in [5.41, 5.74) is 4.10. The highest BCUT2D eigenvalue weighted by atomic mass is 16.5. The third-order valence-electron chi connectivity index (χ3n) is 8.46. The van der Waals surface area contributed by atoms with Crippen molar-refractivity contribution in [1.82, 2.24) is 20.5 Å². The number of hydrazine groups is 1. The molecule has 0 fully saturated rings. The number of methoxy groups -OCH3 is 1. The number of Topliss-reactive ketones (excluding diaryl/α,β-unsaturated/α-hetero) is 2. The van der Waals surface area contributed by atoms with E-state index in [2.05, 4.69) is 29.2 Å². The van der Waals surface area contributed by atoms with E-state index >= 15 is 0 Å². The molecular weight excluding hydrogens is 658 g/mol. The molecular formula is C37H51N5O9. The fourth-order valence-corrected chi connectivity index (χ4v) is 5.69. The van der Waals surface area contributed by atoms with Gasteiger partial charge in [-0.25, -0.2) is 9.80 Å². The molecule has 2 aromatic carbocycles. The molecule has 0 radical (unpaired) electrons. The number of nitrogens with one attached hydrogen (secondary N) is 2. The molecule has 278 valence electrons. The predicted octanol–water partition coefficient (Wildman–Crippen LogP) is 3.57. The molecule has 0 bridgehead atoms. The number of rotatable bonds is 14. The molecule has 4 rings (SSSR count). The first-order valence-electron chi connectivity index (χ1n) is 17.4. The normalized spacial score (nSPS) is 14.7. The van der Waals surface area contributed by atoms with Crippen LogP contribution in [0.25, 0.3) is 11.1 Å². The zero-order valence-electron chi connectivity index (χ0n) is 30.5. The van der Waals surface area contributed by atoms with Crippen LogP contribution in [0.5, 0.6) is 5.75 Å². The van der Waals surface area contributed by atoms with Crippen molar-refractivity contribution >= 4 is 35.4 Å². The van der Waals surface area contributed by atoms with Crippen molar-refractivity contribution < 1.29 is 43.0 Å². The molecule has 4 N–H and O–H groups in total. The highest BCUT2D eigenvalue weighted by molar-refractivity contribution is 6.05. The largest absolute Gasteiger partial charge is 0.488 e. The van der Waals surface area contributed by atoms with Gasteiger partial charge in [-0.1, -0.05) is 46.2 Å². The van der Waals surface area contributed by atoms with Crippen molar-refractivity contribution in [2.24, 2.45) is 5.84 Å². The van der Waals surface area contributed by atoms with Gasteiger partial charge in [0.15, 0.2) is 18.2 Å². The molecule has 0 saturated carbocycles. The second-order valence-electron chi connectivity index (χ2n) is 12.6. The summed E-state index contributed by atoms with van der Waals surface area (Å²) in [7, 11) is 1.18. The van der Waals surface area contributed by atoms with E-state index in [0.717, 1.165) is 28.7 Å². The van der Waals surface area contributed by atoms with Gasteiger partial charge in [0.25, 0.3) is 0 Å².